The molecule has 0 saturated heterocycles. The topological polar surface area (TPSA) is 74.5 Å². The molecule has 2 heterocycles. The van der Waals surface area contributed by atoms with E-state index in [2.05, 4.69) is 39.8 Å². The maximum Gasteiger partial charge on any atom is 0.247 e. The summed E-state index contributed by atoms with van der Waals surface area (Å²) in [5.74, 6) is 1.52. The van der Waals surface area contributed by atoms with Gasteiger partial charge in [0.2, 0.25) is 5.95 Å². The molecule has 1 aliphatic rings. The summed E-state index contributed by atoms with van der Waals surface area (Å²) in [6.07, 6.45) is 3.50. The van der Waals surface area contributed by atoms with Crippen molar-refractivity contribution in [3.8, 4) is 0 Å². The molecule has 0 amide bonds. The molecule has 1 aliphatic carbocycles. The quantitative estimate of drug-likeness (QED) is 0.679. The van der Waals surface area contributed by atoms with Crippen LogP contribution < -0.4 is 10.6 Å². The average Bonchev–Trinajstić information content (AvgIpc) is 3.00. The maximum absolute atomic E-state index is 9.66. The summed E-state index contributed by atoms with van der Waals surface area (Å²) >= 11 is 0. The van der Waals surface area contributed by atoms with Crippen molar-refractivity contribution in [1.29, 1.82) is 0 Å². The Labute approximate surface area is 146 Å². The number of nitrogens with one attached hydrogen (secondary N) is 2. The molecule has 4 rings (SSSR count). The molecule has 0 aliphatic heterocycles. The van der Waals surface area contributed by atoms with Crippen LogP contribution in [-0.2, 0) is 0 Å². The summed E-state index contributed by atoms with van der Waals surface area (Å²) in [4.78, 5) is 4.56. The standard InChI is InChI=1S/C19H23N5O/c1-13-4-2-5-15(12-13)21-19-22-18-7-3-6-17(24(18)23-19)20-14-8-10-16(25)11-9-14/h2-7,12,14,16,20,25H,8-11H2,1H3,(H,21,23)/t14-,16+. The lowest BCUT2D eigenvalue weighted by Crippen LogP contribution is -2.29. The molecule has 1 fully saturated rings. The monoisotopic (exact) mass is 337 g/mol. The number of hydrogen-bond acceptors (Lipinski definition) is 5. The number of pyridine rings is 1. The molecule has 6 nitrogen and oxygen atoms in total. The molecule has 6 heteroatoms. The highest BCUT2D eigenvalue weighted by atomic mass is 16.3. The van der Waals surface area contributed by atoms with Crippen molar-refractivity contribution in [3.05, 3.63) is 48.0 Å². The molecule has 3 aromatic rings. The number of aromatic nitrogens is 3. The Morgan fingerprint density at radius 3 is 2.68 bits per heavy atom. The second-order valence-electron chi connectivity index (χ2n) is 6.76. The van der Waals surface area contributed by atoms with Crippen LogP contribution in [0.3, 0.4) is 0 Å². The summed E-state index contributed by atoms with van der Waals surface area (Å²) in [5.41, 5.74) is 2.97. The first-order valence-corrected chi connectivity index (χ1v) is 8.81. The third kappa shape index (κ3) is 3.58. The van der Waals surface area contributed by atoms with Crippen LogP contribution in [0.1, 0.15) is 31.2 Å². The zero-order chi connectivity index (χ0) is 17.2. The third-order valence-corrected chi connectivity index (χ3v) is 4.68. The summed E-state index contributed by atoms with van der Waals surface area (Å²) in [6, 6.07) is 14.5. The lowest BCUT2D eigenvalue weighted by Gasteiger charge is -2.26. The van der Waals surface area contributed by atoms with Gasteiger partial charge < -0.3 is 15.7 Å². The van der Waals surface area contributed by atoms with E-state index in [1.54, 1.807) is 0 Å². The molecular weight excluding hydrogens is 314 g/mol. The number of aryl methyl sites for hydroxylation is 1. The highest BCUT2D eigenvalue weighted by molar-refractivity contribution is 5.58. The van der Waals surface area contributed by atoms with E-state index in [-0.39, 0.29) is 6.10 Å². The first kappa shape index (κ1) is 15.9. The smallest absolute Gasteiger partial charge is 0.247 e. The van der Waals surface area contributed by atoms with E-state index >= 15 is 0 Å². The molecule has 0 radical (unpaired) electrons. The van der Waals surface area contributed by atoms with Gasteiger partial charge in [0.25, 0.3) is 0 Å². The largest absolute Gasteiger partial charge is 0.393 e. The van der Waals surface area contributed by atoms with Gasteiger partial charge in [-0.2, -0.15) is 9.50 Å². The fraction of sp³-hybridized carbons (Fsp3) is 0.368. The minimum atomic E-state index is -0.148. The van der Waals surface area contributed by atoms with Crippen LogP contribution >= 0.6 is 0 Å². The molecule has 2 aromatic heterocycles. The Kier molecular flexibility index (Phi) is 4.28. The molecule has 1 aromatic carbocycles. The number of aliphatic hydroxyl groups excluding tert-OH is 1. The van der Waals surface area contributed by atoms with E-state index < -0.39 is 0 Å². The van der Waals surface area contributed by atoms with Gasteiger partial charge in [-0.3, -0.25) is 0 Å². The predicted octanol–water partition coefficient (Wildman–Crippen LogP) is 3.50. The number of hydrogen-bond donors (Lipinski definition) is 3. The van der Waals surface area contributed by atoms with Crippen LogP contribution in [-0.4, -0.2) is 31.9 Å². The number of fused-ring (bicyclic) bond motifs is 1. The van der Waals surface area contributed by atoms with E-state index in [0.29, 0.717) is 12.0 Å². The first-order valence-electron chi connectivity index (χ1n) is 8.81. The van der Waals surface area contributed by atoms with Crippen LogP contribution in [0.15, 0.2) is 42.5 Å². The first-order chi connectivity index (χ1) is 12.2. The molecule has 130 valence electrons. The van der Waals surface area contributed by atoms with Gasteiger partial charge in [-0.25, -0.2) is 0 Å². The number of aliphatic hydroxyl groups is 1. The van der Waals surface area contributed by atoms with Gasteiger partial charge in [-0.15, -0.1) is 5.10 Å². The number of rotatable bonds is 4. The van der Waals surface area contributed by atoms with Crippen molar-refractivity contribution in [3.63, 3.8) is 0 Å². The molecular formula is C19H23N5O. The van der Waals surface area contributed by atoms with E-state index in [4.69, 9.17) is 0 Å². The van der Waals surface area contributed by atoms with Crippen LogP contribution in [0.25, 0.3) is 5.65 Å². The van der Waals surface area contributed by atoms with Crippen molar-refractivity contribution < 1.29 is 5.11 Å². The summed E-state index contributed by atoms with van der Waals surface area (Å²) < 4.78 is 1.84. The molecule has 0 spiro atoms. The van der Waals surface area contributed by atoms with E-state index in [1.807, 2.05) is 34.8 Å². The summed E-state index contributed by atoms with van der Waals surface area (Å²) in [7, 11) is 0. The highest BCUT2D eigenvalue weighted by Gasteiger charge is 2.20. The fourth-order valence-electron chi connectivity index (χ4n) is 3.35. The van der Waals surface area contributed by atoms with Gasteiger partial charge in [-0.1, -0.05) is 18.2 Å². The van der Waals surface area contributed by atoms with E-state index in [1.165, 1.54) is 5.56 Å². The molecule has 25 heavy (non-hydrogen) atoms. The molecule has 1 saturated carbocycles. The van der Waals surface area contributed by atoms with Gasteiger partial charge >= 0.3 is 0 Å². The Morgan fingerprint density at radius 2 is 1.88 bits per heavy atom. The van der Waals surface area contributed by atoms with Crippen molar-refractivity contribution in [2.75, 3.05) is 10.6 Å². The van der Waals surface area contributed by atoms with E-state index in [9.17, 15) is 5.11 Å². The Morgan fingerprint density at radius 1 is 1.08 bits per heavy atom. The molecule has 0 atom stereocenters. The van der Waals surface area contributed by atoms with Crippen LogP contribution in [0.2, 0.25) is 0 Å². The maximum atomic E-state index is 9.66. The minimum absolute atomic E-state index is 0.148. The Balaban J connectivity index is 1.56. The Hall–Kier alpha value is -2.60. The minimum Gasteiger partial charge on any atom is -0.393 e. The summed E-state index contributed by atoms with van der Waals surface area (Å²) in [5, 5.41) is 21.1. The second kappa shape index (κ2) is 6.72. The van der Waals surface area contributed by atoms with Crippen molar-refractivity contribution in [2.45, 2.75) is 44.8 Å². The number of anilines is 3. The lowest BCUT2D eigenvalue weighted by molar-refractivity contribution is 0.126. The van der Waals surface area contributed by atoms with E-state index in [0.717, 1.165) is 42.8 Å². The second-order valence-corrected chi connectivity index (χ2v) is 6.76. The Bertz CT molecular complexity index is 867. The predicted molar refractivity (Wildman–Crippen MR) is 99.3 cm³/mol. The molecule has 0 bridgehead atoms. The zero-order valence-corrected chi connectivity index (χ0v) is 14.3. The van der Waals surface area contributed by atoms with Crippen molar-refractivity contribution in [1.82, 2.24) is 14.6 Å². The van der Waals surface area contributed by atoms with Gasteiger partial charge in [0, 0.05) is 11.7 Å². The highest BCUT2D eigenvalue weighted by Crippen LogP contribution is 2.23. The van der Waals surface area contributed by atoms with Crippen LogP contribution in [0, 0.1) is 6.92 Å². The van der Waals surface area contributed by atoms with Gasteiger partial charge in [0.15, 0.2) is 5.65 Å². The van der Waals surface area contributed by atoms with Crippen LogP contribution in [0.5, 0.6) is 0 Å². The molecule has 0 unspecified atom stereocenters. The fourth-order valence-corrected chi connectivity index (χ4v) is 3.35. The van der Waals surface area contributed by atoms with Crippen molar-refractivity contribution >= 4 is 23.1 Å². The van der Waals surface area contributed by atoms with Gasteiger partial charge in [0.1, 0.15) is 5.82 Å². The third-order valence-electron chi connectivity index (χ3n) is 4.68. The SMILES string of the molecule is Cc1cccc(Nc2nc3cccc(N[C@H]4CC[C@@H](O)CC4)n3n2)c1. The average molecular weight is 337 g/mol. The molecule has 3 N–H and O–H groups in total. The van der Waals surface area contributed by atoms with Gasteiger partial charge in [0.05, 0.1) is 6.10 Å². The summed E-state index contributed by atoms with van der Waals surface area (Å²) in [6.45, 7) is 2.06. The van der Waals surface area contributed by atoms with Crippen LogP contribution in [0.4, 0.5) is 17.5 Å². The normalized spacial score (nSPS) is 20.6. The number of benzene rings is 1. The lowest BCUT2D eigenvalue weighted by atomic mass is 9.93. The zero-order valence-electron chi connectivity index (χ0n) is 14.3. The number of nitrogens with zero attached hydrogens (tertiary/aromatic N) is 3. The van der Waals surface area contributed by atoms with Crippen molar-refractivity contribution in [2.24, 2.45) is 0 Å². The van der Waals surface area contributed by atoms with Gasteiger partial charge in [-0.05, 0) is 62.4 Å².